The number of fused-ring (bicyclic) bond motifs is 1. The molecule has 3 rings (SSSR count). The zero-order chi connectivity index (χ0) is 13.4. The van der Waals surface area contributed by atoms with Crippen LogP contribution in [0.4, 0.5) is 0 Å². The molecule has 0 spiro atoms. The van der Waals surface area contributed by atoms with Crippen molar-refractivity contribution in [2.75, 3.05) is 0 Å². The van der Waals surface area contributed by atoms with E-state index in [0.717, 1.165) is 23.7 Å². The molecule has 0 fully saturated rings. The monoisotopic (exact) mass is 274 g/mol. The first-order valence-electron chi connectivity index (χ1n) is 7.00. The molecule has 100 valence electrons. The molecular weight excluding hydrogens is 256 g/mol. The van der Waals surface area contributed by atoms with Crippen LogP contribution in [-0.2, 0) is 12.8 Å². The Morgan fingerprint density at radius 1 is 1.11 bits per heavy atom. The molecule has 1 aliphatic carbocycles. The van der Waals surface area contributed by atoms with Crippen molar-refractivity contribution in [1.29, 1.82) is 0 Å². The van der Waals surface area contributed by atoms with Gasteiger partial charge in [-0.25, -0.2) is 4.68 Å². The van der Waals surface area contributed by atoms with Crippen LogP contribution in [0.1, 0.15) is 41.6 Å². The SMILES string of the molecule is Cc1ccc(-n2nc3c(c2Cl)CCCCC3)c(C)c1. The van der Waals surface area contributed by atoms with E-state index < -0.39 is 0 Å². The maximum atomic E-state index is 6.56. The molecule has 0 bridgehead atoms. The second-order valence-electron chi connectivity index (χ2n) is 5.48. The molecule has 19 heavy (non-hydrogen) atoms. The zero-order valence-corrected chi connectivity index (χ0v) is 12.3. The zero-order valence-electron chi connectivity index (χ0n) is 11.5. The van der Waals surface area contributed by atoms with Gasteiger partial charge in [-0.1, -0.05) is 35.7 Å². The third kappa shape index (κ3) is 2.30. The first-order chi connectivity index (χ1) is 9.16. The van der Waals surface area contributed by atoms with Gasteiger partial charge in [-0.15, -0.1) is 0 Å². The van der Waals surface area contributed by atoms with E-state index in [1.807, 2.05) is 4.68 Å². The number of benzene rings is 1. The average molecular weight is 275 g/mol. The number of rotatable bonds is 1. The van der Waals surface area contributed by atoms with Crippen LogP contribution in [0.2, 0.25) is 5.15 Å². The van der Waals surface area contributed by atoms with Gasteiger partial charge in [0, 0.05) is 5.56 Å². The first kappa shape index (κ1) is 12.7. The predicted octanol–water partition coefficient (Wildman–Crippen LogP) is 4.41. The Morgan fingerprint density at radius 2 is 1.89 bits per heavy atom. The van der Waals surface area contributed by atoms with E-state index in [2.05, 4.69) is 32.0 Å². The number of hydrogen-bond acceptors (Lipinski definition) is 1. The number of hydrogen-bond donors (Lipinski definition) is 0. The van der Waals surface area contributed by atoms with Crippen molar-refractivity contribution in [3.05, 3.63) is 45.7 Å². The van der Waals surface area contributed by atoms with Crippen LogP contribution >= 0.6 is 11.6 Å². The van der Waals surface area contributed by atoms with E-state index in [9.17, 15) is 0 Å². The summed E-state index contributed by atoms with van der Waals surface area (Å²) in [5, 5.41) is 5.56. The Morgan fingerprint density at radius 3 is 2.68 bits per heavy atom. The van der Waals surface area contributed by atoms with Gasteiger partial charge >= 0.3 is 0 Å². The van der Waals surface area contributed by atoms with Crippen molar-refractivity contribution in [2.24, 2.45) is 0 Å². The summed E-state index contributed by atoms with van der Waals surface area (Å²) < 4.78 is 1.92. The van der Waals surface area contributed by atoms with E-state index in [-0.39, 0.29) is 0 Å². The lowest BCUT2D eigenvalue weighted by Crippen LogP contribution is -2.00. The van der Waals surface area contributed by atoms with E-state index in [1.165, 1.54) is 41.6 Å². The van der Waals surface area contributed by atoms with Crippen molar-refractivity contribution in [3.63, 3.8) is 0 Å². The van der Waals surface area contributed by atoms with Gasteiger partial charge in [-0.3, -0.25) is 0 Å². The fraction of sp³-hybridized carbons (Fsp3) is 0.438. The lowest BCUT2D eigenvalue weighted by molar-refractivity contribution is 0.694. The summed E-state index contributed by atoms with van der Waals surface area (Å²) in [4.78, 5) is 0. The van der Waals surface area contributed by atoms with Gasteiger partial charge in [0.25, 0.3) is 0 Å². The second kappa shape index (κ2) is 5.01. The summed E-state index contributed by atoms with van der Waals surface area (Å²) >= 11 is 6.56. The highest BCUT2D eigenvalue weighted by molar-refractivity contribution is 6.30. The van der Waals surface area contributed by atoms with Gasteiger partial charge < -0.3 is 0 Å². The van der Waals surface area contributed by atoms with Crippen LogP contribution in [0.25, 0.3) is 5.69 Å². The quantitative estimate of drug-likeness (QED) is 0.704. The molecule has 0 aliphatic heterocycles. The summed E-state index contributed by atoms with van der Waals surface area (Å²) in [6.45, 7) is 4.22. The van der Waals surface area contributed by atoms with Crippen LogP contribution in [0.3, 0.4) is 0 Å². The Kier molecular flexibility index (Phi) is 3.36. The molecule has 0 saturated heterocycles. The minimum atomic E-state index is 0.809. The van der Waals surface area contributed by atoms with Crippen LogP contribution in [0.5, 0.6) is 0 Å². The highest BCUT2D eigenvalue weighted by Crippen LogP contribution is 2.30. The smallest absolute Gasteiger partial charge is 0.136 e. The molecule has 0 atom stereocenters. The molecule has 1 aromatic heterocycles. The molecule has 0 N–H and O–H groups in total. The lowest BCUT2D eigenvalue weighted by atomic mass is 10.1. The molecule has 1 heterocycles. The summed E-state index contributed by atoms with van der Waals surface area (Å²) in [5.74, 6) is 0. The Balaban J connectivity index is 2.11. The number of halogens is 1. The average Bonchev–Trinajstić information content (AvgIpc) is 2.57. The third-order valence-electron chi connectivity index (χ3n) is 3.92. The normalized spacial score (nSPS) is 15.1. The number of aromatic nitrogens is 2. The molecular formula is C16H19ClN2. The standard InChI is InChI=1S/C16H19ClN2/c1-11-8-9-15(12(2)10-11)19-16(17)13-6-4-3-5-7-14(13)18-19/h8-10H,3-7H2,1-2H3. The summed E-state index contributed by atoms with van der Waals surface area (Å²) in [6, 6.07) is 6.41. The molecule has 2 nitrogen and oxygen atoms in total. The van der Waals surface area contributed by atoms with E-state index in [4.69, 9.17) is 16.7 Å². The summed E-state index contributed by atoms with van der Waals surface area (Å²) in [7, 11) is 0. The minimum absolute atomic E-state index is 0.809. The van der Waals surface area contributed by atoms with Gasteiger partial charge in [-0.2, -0.15) is 5.10 Å². The largest absolute Gasteiger partial charge is 0.221 e. The Bertz CT molecular complexity index is 613. The van der Waals surface area contributed by atoms with Crippen molar-refractivity contribution in [3.8, 4) is 5.69 Å². The fourth-order valence-electron chi connectivity index (χ4n) is 2.89. The van der Waals surface area contributed by atoms with Gasteiger partial charge in [0.2, 0.25) is 0 Å². The lowest BCUT2D eigenvalue weighted by Gasteiger charge is -2.08. The van der Waals surface area contributed by atoms with Gasteiger partial charge in [-0.05, 0) is 51.2 Å². The Labute approximate surface area is 119 Å². The minimum Gasteiger partial charge on any atom is -0.221 e. The molecule has 0 unspecified atom stereocenters. The molecule has 2 aromatic rings. The van der Waals surface area contributed by atoms with Gasteiger partial charge in [0.05, 0.1) is 11.4 Å². The summed E-state index contributed by atoms with van der Waals surface area (Å²) in [6.07, 6.45) is 5.88. The molecule has 0 amide bonds. The van der Waals surface area contributed by atoms with E-state index in [0.29, 0.717) is 0 Å². The first-order valence-corrected chi connectivity index (χ1v) is 7.38. The topological polar surface area (TPSA) is 17.8 Å². The maximum Gasteiger partial charge on any atom is 0.136 e. The third-order valence-corrected chi connectivity index (χ3v) is 4.31. The number of nitrogens with zero attached hydrogens (tertiary/aromatic N) is 2. The molecule has 0 radical (unpaired) electrons. The highest BCUT2D eigenvalue weighted by atomic mass is 35.5. The van der Waals surface area contributed by atoms with Crippen molar-refractivity contribution < 1.29 is 0 Å². The molecule has 3 heteroatoms. The Hall–Kier alpha value is -1.28. The van der Waals surface area contributed by atoms with Crippen LogP contribution in [-0.4, -0.2) is 9.78 Å². The van der Waals surface area contributed by atoms with Crippen LogP contribution in [0.15, 0.2) is 18.2 Å². The van der Waals surface area contributed by atoms with Crippen molar-refractivity contribution in [1.82, 2.24) is 9.78 Å². The predicted molar refractivity (Wildman–Crippen MR) is 79.3 cm³/mol. The van der Waals surface area contributed by atoms with Crippen molar-refractivity contribution >= 4 is 11.6 Å². The van der Waals surface area contributed by atoms with Crippen LogP contribution < -0.4 is 0 Å². The van der Waals surface area contributed by atoms with Crippen LogP contribution in [0, 0.1) is 13.8 Å². The van der Waals surface area contributed by atoms with E-state index >= 15 is 0 Å². The summed E-state index contributed by atoms with van der Waals surface area (Å²) in [5.41, 5.74) is 6.05. The molecule has 0 saturated carbocycles. The highest BCUT2D eigenvalue weighted by Gasteiger charge is 2.19. The molecule has 1 aromatic carbocycles. The van der Waals surface area contributed by atoms with Crippen molar-refractivity contribution in [2.45, 2.75) is 46.0 Å². The van der Waals surface area contributed by atoms with Gasteiger partial charge in [0.1, 0.15) is 5.15 Å². The maximum absolute atomic E-state index is 6.56. The van der Waals surface area contributed by atoms with Gasteiger partial charge in [0.15, 0.2) is 0 Å². The molecule has 1 aliphatic rings. The van der Waals surface area contributed by atoms with E-state index in [1.54, 1.807) is 0 Å². The fourth-order valence-corrected chi connectivity index (χ4v) is 3.23. The number of aryl methyl sites for hydroxylation is 3. The second-order valence-corrected chi connectivity index (χ2v) is 5.84.